The van der Waals surface area contributed by atoms with Crippen LogP contribution in [0, 0.1) is 0 Å². The van der Waals surface area contributed by atoms with Gasteiger partial charge in [-0.05, 0) is 59.2 Å². The van der Waals surface area contributed by atoms with E-state index in [0.717, 1.165) is 50.0 Å². The molecule has 0 spiro atoms. The van der Waals surface area contributed by atoms with Crippen molar-refractivity contribution in [3.63, 3.8) is 0 Å². The van der Waals surface area contributed by atoms with E-state index in [1.54, 1.807) is 0 Å². The van der Waals surface area contributed by atoms with Crippen LogP contribution >= 0.6 is 11.3 Å². The van der Waals surface area contributed by atoms with E-state index in [4.69, 9.17) is 9.41 Å². The van der Waals surface area contributed by atoms with Crippen LogP contribution in [0.3, 0.4) is 0 Å². The molecule has 11 aromatic rings. The Bertz CT molecular complexity index is 3320. The van der Waals surface area contributed by atoms with Crippen molar-refractivity contribution in [3.05, 3.63) is 199 Å². The normalized spacial score (nSPS) is 15.9. The van der Waals surface area contributed by atoms with Crippen molar-refractivity contribution in [3.8, 4) is 16.8 Å². The summed E-state index contributed by atoms with van der Waals surface area (Å²) in [5.74, 6) is 0.857. The maximum atomic E-state index is 6.57. The highest BCUT2D eigenvalue weighted by atomic mass is 32.1. The first-order valence-electron chi connectivity index (χ1n) is 19.4. The van der Waals surface area contributed by atoms with E-state index >= 15 is 0 Å². The number of amidine groups is 1. The molecule has 6 heteroatoms. The molecule has 5 nitrogen and oxygen atoms in total. The molecule has 4 heterocycles. The van der Waals surface area contributed by atoms with Crippen molar-refractivity contribution < 1.29 is 4.42 Å². The fraction of sp³-hybridized carbons (Fsp3) is 0.0392. The molecule has 0 aliphatic carbocycles. The highest BCUT2D eigenvalue weighted by Gasteiger charge is 2.28. The van der Waals surface area contributed by atoms with E-state index in [9.17, 15) is 0 Å². The lowest BCUT2D eigenvalue weighted by molar-refractivity contribution is 0.410. The Morgan fingerprint density at radius 3 is 2.05 bits per heavy atom. The molecule has 2 N–H and O–H groups in total. The summed E-state index contributed by atoms with van der Waals surface area (Å²) in [5.41, 5.74) is 11.0. The lowest BCUT2D eigenvalue weighted by Crippen LogP contribution is -2.44. The van der Waals surface area contributed by atoms with Crippen LogP contribution in [0.1, 0.15) is 29.0 Å². The van der Waals surface area contributed by atoms with E-state index in [0.29, 0.717) is 0 Å². The second kappa shape index (κ2) is 12.8. The third-order valence-corrected chi connectivity index (χ3v) is 12.7. The van der Waals surface area contributed by atoms with Crippen LogP contribution in [0.2, 0.25) is 0 Å². The second-order valence-electron chi connectivity index (χ2n) is 14.7. The van der Waals surface area contributed by atoms with Gasteiger partial charge in [0.2, 0.25) is 0 Å². The minimum absolute atomic E-state index is 0.133. The third-order valence-electron chi connectivity index (χ3n) is 11.5. The molecule has 0 amide bonds. The number of thiophene rings is 1. The van der Waals surface area contributed by atoms with Crippen LogP contribution in [0.4, 0.5) is 0 Å². The maximum absolute atomic E-state index is 6.57. The Balaban J connectivity index is 1.03. The van der Waals surface area contributed by atoms with Gasteiger partial charge >= 0.3 is 0 Å². The summed E-state index contributed by atoms with van der Waals surface area (Å²) in [5, 5.41) is 14.7. The predicted molar refractivity (Wildman–Crippen MR) is 238 cm³/mol. The van der Waals surface area contributed by atoms with Crippen LogP contribution in [0.25, 0.3) is 80.7 Å². The molecule has 0 fully saturated rings. The Kier molecular flexibility index (Phi) is 7.24. The first-order valence-corrected chi connectivity index (χ1v) is 20.2. The van der Waals surface area contributed by atoms with Gasteiger partial charge in [-0.2, -0.15) is 0 Å². The highest BCUT2D eigenvalue weighted by Crippen LogP contribution is 2.45. The van der Waals surface area contributed by atoms with Gasteiger partial charge in [0.15, 0.2) is 0 Å². The SMILES string of the molecule is c1ccc(C2=NC(c3cccc4oc5ccc(-c6cccc7c6sc6cccc(-n8c9ccccc9c9ccccc98)c67)cc5c34)NC(c3ccccc3)N2)cc1. The fourth-order valence-electron chi connectivity index (χ4n) is 8.95. The molecule has 2 unspecified atom stereocenters. The van der Waals surface area contributed by atoms with Crippen LogP contribution in [-0.4, -0.2) is 10.4 Å². The van der Waals surface area contributed by atoms with Crippen LogP contribution in [0.15, 0.2) is 191 Å². The van der Waals surface area contributed by atoms with Gasteiger partial charge in [-0.25, -0.2) is 4.99 Å². The fourth-order valence-corrected chi connectivity index (χ4v) is 10.2. The van der Waals surface area contributed by atoms with E-state index in [1.807, 2.05) is 17.4 Å². The number of aromatic nitrogens is 1. The van der Waals surface area contributed by atoms with Crippen LogP contribution in [-0.2, 0) is 0 Å². The number of aliphatic imine (C=N–C) groups is 1. The molecule has 3 aromatic heterocycles. The summed E-state index contributed by atoms with van der Waals surface area (Å²) >= 11 is 1.87. The summed E-state index contributed by atoms with van der Waals surface area (Å²) in [6, 6.07) is 64.8. The van der Waals surface area contributed by atoms with Gasteiger partial charge in [-0.1, -0.05) is 140 Å². The lowest BCUT2D eigenvalue weighted by atomic mass is 9.98. The molecular weight excluding hydrogens is 717 g/mol. The van der Waals surface area contributed by atoms with Crippen molar-refractivity contribution in [2.24, 2.45) is 4.99 Å². The summed E-state index contributed by atoms with van der Waals surface area (Å²) in [6.07, 6.45) is -0.448. The molecule has 57 heavy (non-hydrogen) atoms. The second-order valence-corrected chi connectivity index (χ2v) is 15.8. The zero-order valence-electron chi connectivity index (χ0n) is 30.7. The first-order chi connectivity index (χ1) is 28.3. The zero-order valence-corrected chi connectivity index (χ0v) is 31.5. The van der Waals surface area contributed by atoms with Gasteiger partial charge in [0.1, 0.15) is 29.3 Å². The van der Waals surface area contributed by atoms with Gasteiger partial charge in [-0.15, -0.1) is 11.3 Å². The highest BCUT2D eigenvalue weighted by molar-refractivity contribution is 7.26. The van der Waals surface area contributed by atoms with Crippen molar-refractivity contribution in [2.75, 3.05) is 0 Å². The van der Waals surface area contributed by atoms with Gasteiger partial charge in [0, 0.05) is 52.8 Å². The number of furan rings is 1. The summed E-state index contributed by atoms with van der Waals surface area (Å²) in [7, 11) is 0. The number of benzene rings is 8. The Morgan fingerprint density at radius 2 is 1.25 bits per heavy atom. The average Bonchev–Trinajstić information content (AvgIpc) is 3.96. The quantitative estimate of drug-likeness (QED) is 0.184. The lowest BCUT2D eigenvalue weighted by Gasteiger charge is -2.32. The Labute approximate surface area is 332 Å². The maximum Gasteiger partial charge on any atom is 0.135 e. The number of nitrogens with one attached hydrogen (secondary N) is 2. The summed E-state index contributed by atoms with van der Waals surface area (Å²) in [4.78, 5) is 5.30. The third kappa shape index (κ3) is 5.08. The van der Waals surface area contributed by atoms with E-state index in [-0.39, 0.29) is 12.3 Å². The minimum atomic E-state index is -0.315. The smallest absolute Gasteiger partial charge is 0.135 e. The molecule has 1 aliphatic rings. The van der Waals surface area contributed by atoms with Gasteiger partial charge in [0.05, 0.1) is 16.7 Å². The van der Waals surface area contributed by atoms with Crippen molar-refractivity contribution in [1.82, 2.24) is 15.2 Å². The van der Waals surface area contributed by atoms with Gasteiger partial charge in [0.25, 0.3) is 0 Å². The molecule has 0 radical (unpaired) electrons. The molecule has 8 aromatic carbocycles. The molecule has 12 rings (SSSR count). The number of hydrogen-bond acceptors (Lipinski definition) is 5. The molecule has 2 atom stereocenters. The topological polar surface area (TPSA) is 54.5 Å². The Morgan fingerprint density at radius 1 is 0.544 bits per heavy atom. The summed E-state index contributed by atoms with van der Waals surface area (Å²) < 4.78 is 11.6. The number of fused-ring (bicyclic) bond motifs is 9. The number of hydrogen-bond donors (Lipinski definition) is 2. The number of para-hydroxylation sites is 2. The van der Waals surface area contributed by atoms with Crippen LogP contribution in [0.5, 0.6) is 0 Å². The molecule has 0 bridgehead atoms. The molecule has 1 aliphatic heterocycles. The van der Waals surface area contributed by atoms with Crippen molar-refractivity contribution in [2.45, 2.75) is 12.3 Å². The summed E-state index contributed by atoms with van der Waals surface area (Å²) in [6.45, 7) is 0. The number of rotatable bonds is 5. The standard InChI is InChI=1S/C51H34N4OS/c1-3-14-31(15-4-1)49-52-50(32-16-5-2-6-17-32)54-51(53-49)38-22-12-26-44-46(38)39-30-33(28-29-43(39)56-44)34-20-11-21-37-47-42(25-13-27-45(47)57-48(34)37)55-40-23-9-7-18-35(40)36-19-8-10-24-41(36)55/h1-30,49,51,53H,(H,52,54). The predicted octanol–water partition coefficient (Wildman–Crippen LogP) is 13.1. The minimum Gasteiger partial charge on any atom is -0.456 e. The van der Waals surface area contributed by atoms with E-state index < -0.39 is 0 Å². The van der Waals surface area contributed by atoms with Crippen molar-refractivity contribution in [1.29, 1.82) is 0 Å². The molecule has 0 saturated heterocycles. The molecule has 0 saturated carbocycles. The largest absolute Gasteiger partial charge is 0.456 e. The van der Waals surface area contributed by atoms with Gasteiger partial charge < -0.3 is 14.3 Å². The Hall–Kier alpha value is -6.99. The van der Waals surface area contributed by atoms with Crippen molar-refractivity contribution >= 4 is 81.1 Å². The van der Waals surface area contributed by atoms with E-state index in [1.165, 1.54) is 53.2 Å². The monoisotopic (exact) mass is 750 g/mol. The van der Waals surface area contributed by atoms with E-state index in [2.05, 4.69) is 191 Å². The first kappa shape index (κ1) is 32.3. The molecule has 270 valence electrons. The van der Waals surface area contributed by atoms with Gasteiger partial charge in [-0.3, -0.25) is 5.32 Å². The average molecular weight is 751 g/mol. The zero-order chi connectivity index (χ0) is 37.5. The van der Waals surface area contributed by atoms with Crippen LogP contribution < -0.4 is 10.6 Å². The molecular formula is C51H34N4OS. The number of nitrogens with zero attached hydrogens (tertiary/aromatic N) is 2.